The van der Waals surface area contributed by atoms with Crippen molar-refractivity contribution in [2.45, 2.75) is 6.18 Å². The highest BCUT2D eigenvalue weighted by Gasteiger charge is 2.31. The Hall–Kier alpha value is -3.03. The van der Waals surface area contributed by atoms with Crippen LogP contribution in [0.25, 0.3) is 11.1 Å². The number of carbonyl (C=O) groups is 2. The van der Waals surface area contributed by atoms with E-state index in [1.165, 1.54) is 31.4 Å². The maximum Gasteiger partial charge on any atom is 0.416 e. The molecule has 0 radical (unpaired) electrons. The maximum absolute atomic E-state index is 12.9. The number of rotatable bonds is 5. The molecule has 0 fully saturated rings. The van der Waals surface area contributed by atoms with E-state index in [0.717, 1.165) is 18.2 Å². The largest absolute Gasteiger partial charge is 0.481 e. The number of hydrogen-bond acceptors (Lipinski definition) is 4. The van der Waals surface area contributed by atoms with E-state index >= 15 is 0 Å². The van der Waals surface area contributed by atoms with Crippen LogP contribution in [0.5, 0.6) is 5.75 Å². The molecule has 0 spiro atoms. The number of ether oxygens (including phenoxy) is 2. The summed E-state index contributed by atoms with van der Waals surface area (Å²) < 4.78 is 48.5. The number of carboxylic acids is 1. The minimum Gasteiger partial charge on any atom is -0.481 e. The normalized spacial score (nSPS) is 11.0. The first-order valence-electron chi connectivity index (χ1n) is 6.97. The lowest BCUT2D eigenvalue weighted by Gasteiger charge is -2.14. The Labute approximate surface area is 140 Å². The van der Waals surface area contributed by atoms with Crippen LogP contribution in [0.3, 0.4) is 0 Å². The van der Waals surface area contributed by atoms with Crippen molar-refractivity contribution in [1.82, 2.24) is 0 Å². The molecule has 0 aromatic heterocycles. The molecule has 0 aliphatic rings. The smallest absolute Gasteiger partial charge is 0.416 e. The Bertz CT molecular complexity index is 782. The van der Waals surface area contributed by atoms with Gasteiger partial charge in [0, 0.05) is 5.56 Å². The van der Waals surface area contributed by atoms with Crippen LogP contribution in [0.15, 0.2) is 42.5 Å². The fourth-order valence-corrected chi connectivity index (χ4v) is 2.10. The zero-order valence-corrected chi connectivity index (χ0v) is 13.0. The van der Waals surface area contributed by atoms with E-state index in [2.05, 4.69) is 4.74 Å². The van der Waals surface area contributed by atoms with E-state index in [1.807, 2.05) is 0 Å². The molecule has 0 saturated heterocycles. The molecule has 0 aliphatic carbocycles. The lowest BCUT2D eigenvalue weighted by atomic mass is 10.0. The van der Waals surface area contributed by atoms with Gasteiger partial charge < -0.3 is 14.6 Å². The van der Waals surface area contributed by atoms with Crippen molar-refractivity contribution in [2.75, 3.05) is 13.7 Å². The predicted molar refractivity (Wildman–Crippen MR) is 81.4 cm³/mol. The SMILES string of the molecule is COC(=O)c1ccc(-c2cc(C(F)(F)F)ccc2OCC(=O)O)cc1. The molecule has 0 unspecified atom stereocenters. The Morgan fingerprint density at radius 3 is 2.24 bits per heavy atom. The van der Waals surface area contributed by atoms with Gasteiger partial charge in [0.2, 0.25) is 0 Å². The molecule has 0 heterocycles. The van der Waals surface area contributed by atoms with Crippen molar-refractivity contribution < 1.29 is 37.3 Å². The average molecular weight is 354 g/mol. The zero-order chi connectivity index (χ0) is 18.6. The predicted octanol–water partition coefficient (Wildman–Crippen LogP) is 3.62. The van der Waals surface area contributed by atoms with Crippen LogP contribution in [-0.4, -0.2) is 30.8 Å². The van der Waals surface area contributed by atoms with E-state index in [0.29, 0.717) is 5.56 Å². The Morgan fingerprint density at radius 1 is 1.08 bits per heavy atom. The van der Waals surface area contributed by atoms with Gasteiger partial charge in [0.15, 0.2) is 6.61 Å². The van der Waals surface area contributed by atoms with Crippen molar-refractivity contribution in [2.24, 2.45) is 0 Å². The van der Waals surface area contributed by atoms with Gasteiger partial charge in [-0.1, -0.05) is 12.1 Å². The second kappa shape index (κ2) is 7.25. The van der Waals surface area contributed by atoms with E-state index in [-0.39, 0.29) is 16.9 Å². The second-order valence-electron chi connectivity index (χ2n) is 4.96. The zero-order valence-electron chi connectivity index (χ0n) is 13.0. The molecule has 8 heteroatoms. The lowest BCUT2D eigenvalue weighted by Crippen LogP contribution is -2.11. The number of carbonyl (C=O) groups excluding carboxylic acids is 1. The van der Waals surface area contributed by atoms with Crippen LogP contribution in [0.1, 0.15) is 15.9 Å². The number of aliphatic carboxylic acids is 1. The number of halogens is 3. The van der Waals surface area contributed by atoms with Crippen molar-refractivity contribution in [3.63, 3.8) is 0 Å². The highest BCUT2D eigenvalue weighted by molar-refractivity contribution is 5.90. The first-order chi connectivity index (χ1) is 11.7. The third-order valence-corrected chi connectivity index (χ3v) is 3.28. The molecule has 0 amide bonds. The minimum absolute atomic E-state index is 0.0128. The van der Waals surface area contributed by atoms with Gasteiger partial charge in [0.1, 0.15) is 5.75 Å². The summed E-state index contributed by atoms with van der Waals surface area (Å²) in [6.07, 6.45) is -4.56. The highest BCUT2D eigenvalue weighted by Crippen LogP contribution is 2.37. The van der Waals surface area contributed by atoms with Gasteiger partial charge >= 0.3 is 18.1 Å². The summed E-state index contributed by atoms with van der Waals surface area (Å²) in [6, 6.07) is 8.37. The molecule has 0 bridgehead atoms. The van der Waals surface area contributed by atoms with Crippen LogP contribution < -0.4 is 4.74 Å². The molecule has 0 atom stereocenters. The number of methoxy groups -OCH3 is 1. The number of esters is 1. The summed E-state index contributed by atoms with van der Waals surface area (Å²) in [5.41, 5.74) is -0.278. The van der Waals surface area contributed by atoms with Crippen molar-refractivity contribution in [1.29, 1.82) is 0 Å². The van der Waals surface area contributed by atoms with Crippen LogP contribution in [-0.2, 0) is 15.7 Å². The first kappa shape index (κ1) is 18.3. The summed E-state index contributed by atoms with van der Waals surface area (Å²) in [5, 5.41) is 8.69. The van der Waals surface area contributed by atoms with Crippen LogP contribution >= 0.6 is 0 Å². The van der Waals surface area contributed by atoms with Gasteiger partial charge in [-0.3, -0.25) is 0 Å². The Kier molecular flexibility index (Phi) is 5.31. The Balaban J connectivity index is 2.47. The van der Waals surface area contributed by atoms with Crippen LogP contribution in [0.4, 0.5) is 13.2 Å². The third kappa shape index (κ3) is 4.50. The number of alkyl halides is 3. The first-order valence-corrected chi connectivity index (χ1v) is 6.97. The van der Waals surface area contributed by atoms with E-state index in [9.17, 15) is 22.8 Å². The molecule has 1 N–H and O–H groups in total. The molecular formula is C17H13F3O5. The van der Waals surface area contributed by atoms with Crippen molar-refractivity contribution in [3.8, 4) is 16.9 Å². The molecule has 5 nitrogen and oxygen atoms in total. The fraction of sp³-hybridized carbons (Fsp3) is 0.176. The van der Waals surface area contributed by atoms with Gasteiger partial charge in [-0.2, -0.15) is 13.2 Å². The topological polar surface area (TPSA) is 72.8 Å². The summed E-state index contributed by atoms with van der Waals surface area (Å²) in [7, 11) is 1.21. The third-order valence-electron chi connectivity index (χ3n) is 3.28. The molecule has 0 saturated carbocycles. The molecule has 2 aromatic carbocycles. The monoisotopic (exact) mass is 354 g/mol. The van der Waals surface area contributed by atoms with Crippen LogP contribution in [0.2, 0.25) is 0 Å². The van der Waals surface area contributed by atoms with E-state index in [1.54, 1.807) is 0 Å². The van der Waals surface area contributed by atoms with E-state index < -0.39 is 30.3 Å². The quantitative estimate of drug-likeness (QED) is 0.830. The van der Waals surface area contributed by atoms with Crippen molar-refractivity contribution >= 4 is 11.9 Å². The molecule has 132 valence electrons. The fourth-order valence-electron chi connectivity index (χ4n) is 2.10. The van der Waals surface area contributed by atoms with Gasteiger partial charge in [0.25, 0.3) is 0 Å². The summed E-state index contributed by atoms with van der Waals surface area (Å²) in [6.45, 7) is -0.696. The number of carboxylic acid groups (broad SMARTS) is 1. The summed E-state index contributed by atoms with van der Waals surface area (Å²) in [5.74, 6) is -1.86. The molecule has 0 aliphatic heterocycles. The highest BCUT2D eigenvalue weighted by atomic mass is 19.4. The number of hydrogen-bond donors (Lipinski definition) is 1. The van der Waals surface area contributed by atoms with Crippen molar-refractivity contribution in [3.05, 3.63) is 53.6 Å². The van der Waals surface area contributed by atoms with E-state index in [4.69, 9.17) is 9.84 Å². The lowest BCUT2D eigenvalue weighted by molar-refractivity contribution is -0.140. The summed E-state index contributed by atoms with van der Waals surface area (Å²) in [4.78, 5) is 22.1. The standard InChI is InChI=1S/C17H13F3O5/c1-24-16(23)11-4-2-10(3-5-11)13-8-12(17(18,19)20)6-7-14(13)25-9-15(21)22/h2-8H,9H2,1H3,(H,21,22). The minimum atomic E-state index is -4.56. The van der Waals surface area contributed by atoms with Gasteiger partial charge in [-0.15, -0.1) is 0 Å². The maximum atomic E-state index is 12.9. The van der Waals surface area contributed by atoms with Gasteiger partial charge in [-0.05, 0) is 35.9 Å². The number of benzene rings is 2. The molecule has 2 aromatic rings. The van der Waals surface area contributed by atoms with Gasteiger partial charge in [-0.25, -0.2) is 9.59 Å². The molecule has 25 heavy (non-hydrogen) atoms. The van der Waals surface area contributed by atoms with Crippen LogP contribution in [0, 0.1) is 0 Å². The average Bonchev–Trinajstić information content (AvgIpc) is 2.58. The molecular weight excluding hydrogens is 341 g/mol. The molecule has 2 rings (SSSR count). The second-order valence-corrected chi connectivity index (χ2v) is 4.96. The Morgan fingerprint density at radius 2 is 1.72 bits per heavy atom. The summed E-state index contributed by atoms with van der Waals surface area (Å²) >= 11 is 0. The van der Waals surface area contributed by atoms with Gasteiger partial charge in [0.05, 0.1) is 18.2 Å².